The number of rotatable bonds is 5. The van der Waals surface area contributed by atoms with Crippen LogP contribution in [0.15, 0.2) is 35.5 Å². The molecular formula is C18H20FN3O2S. The quantitative estimate of drug-likeness (QED) is 0.845. The molecule has 25 heavy (non-hydrogen) atoms. The van der Waals surface area contributed by atoms with Gasteiger partial charge in [0.15, 0.2) is 0 Å². The second kappa shape index (κ2) is 7.28. The van der Waals surface area contributed by atoms with Gasteiger partial charge in [-0.3, -0.25) is 4.72 Å². The predicted octanol–water partition coefficient (Wildman–Crippen LogP) is 3.95. The number of sulfonamides is 1. The molecule has 0 atom stereocenters. The van der Waals surface area contributed by atoms with E-state index in [1.165, 1.54) is 37.6 Å². The Morgan fingerprint density at radius 1 is 1.24 bits per heavy atom. The van der Waals surface area contributed by atoms with E-state index in [1.54, 1.807) is 6.20 Å². The Morgan fingerprint density at radius 3 is 2.68 bits per heavy atom. The minimum Gasteiger partial charge on any atom is -0.366 e. The zero-order valence-electron chi connectivity index (χ0n) is 13.8. The molecule has 0 saturated heterocycles. The van der Waals surface area contributed by atoms with E-state index in [0.717, 1.165) is 24.5 Å². The molecule has 7 heteroatoms. The largest absolute Gasteiger partial charge is 0.366 e. The van der Waals surface area contributed by atoms with Crippen molar-refractivity contribution in [3.8, 4) is 6.07 Å². The van der Waals surface area contributed by atoms with Gasteiger partial charge in [0.1, 0.15) is 10.7 Å². The molecule has 0 radical (unpaired) electrons. The average Bonchev–Trinajstić information content (AvgIpc) is 3.06. The molecule has 0 amide bonds. The topological polar surface area (TPSA) is 85.8 Å². The van der Waals surface area contributed by atoms with Gasteiger partial charge < -0.3 is 4.98 Å². The summed E-state index contributed by atoms with van der Waals surface area (Å²) in [6.45, 7) is 0. The first-order valence-electron chi connectivity index (χ1n) is 8.38. The van der Waals surface area contributed by atoms with Crippen molar-refractivity contribution in [1.82, 2.24) is 4.98 Å². The lowest BCUT2D eigenvalue weighted by atomic mass is 9.85. The molecule has 1 saturated carbocycles. The molecule has 1 heterocycles. The van der Waals surface area contributed by atoms with Crippen molar-refractivity contribution in [1.29, 1.82) is 5.26 Å². The summed E-state index contributed by atoms with van der Waals surface area (Å²) in [5.41, 5.74) is 0.706. The summed E-state index contributed by atoms with van der Waals surface area (Å²) in [4.78, 5) is 3.01. The highest BCUT2D eigenvalue weighted by Crippen LogP contribution is 2.30. The standard InChI is InChI=1S/C18H20FN3O2S/c19-16-9-14(10-20)6-7-17(16)22-25(23,24)18-12-21-11-15(18)8-13-4-2-1-3-5-13/h6-7,9,11-13,21-22H,1-5,8H2. The van der Waals surface area contributed by atoms with Gasteiger partial charge in [0.05, 0.1) is 17.3 Å². The number of aromatic nitrogens is 1. The third-order valence-corrected chi connectivity index (χ3v) is 6.10. The molecule has 1 aliphatic rings. The molecule has 0 spiro atoms. The fourth-order valence-electron chi connectivity index (χ4n) is 3.36. The van der Waals surface area contributed by atoms with Crippen molar-refractivity contribution >= 4 is 15.7 Å². The fraction of sp³-hybridized carbons (Fsp3) is 0.389. The second-order valence-corrected chi connectivity index (χ2v) is 8.12. The van der Waals surface area contributed by atoms with Crippen LogP contribution in [-0.2, 0) is 16.4 Å². The van der Waals surface area contributed by atoms with Gasteiger partial charge in [0.2, 0.25) is 0 Å². The normalized spacial score (nSPS) is 15.7. The first-order valence-corrected chi connectivity index (χ1v) is 9.86. The highest BCUT2D eigenvalue weighted by atomic mass is 32.2. The monoisotopic (exact) mass is 361 g/mol. The smallest absolute Gasteiger partial charge is 0.263 e. The number of nitrogens with zero attached hydrogens (tertiary/aromatic N) is 1. The molecule has 1 aliphatic carbocycles. The zero-order valence-corrected chi connectivity index (χ0v) is 14.6. The van der Waals surface area contributed by atoms with Gasteiger partial charge >= 0.3 is 0 Å². The van der Waals surface area contributed by atoms with E-state index in [-0.39, 0.29) is 16.1 Å². The Morgan fingerprint density at radius 2 is 2.00 bits per heavy atom. The summed E-state index contributed by atoms with van der Waals surface area (Å²) in [5.74, 6) is -0.280. The van der Waals surface area contributed by atoms with Crippen LogP contribution in [0.2, 0.25) is 0 Å². The molecule has 1 fully saturated rings. The van der Waals surface area contributed by atoms with Gasteiger partial charge in [-0.25, -0.2) is 12.8 Å². The number of aromatic amines is 1. The van der Waals surface area contributed by atoms with Crippen LogP contribution < -0.4 is 4.72 Å². The molecule has 0 bridgehead atoms. The van der Waals surface area contributed by atoms with Crippen LogP contribution in [-0.4, -0.2) is 13.4 Å². The number of H-pyrrole nitrogens is 1. The average molecular weight is 361 g/mol. The van der Waals surface area contributed by atoms with E-state index in [0.29, 0.717) is 12.3 Å². The molecule has 0 unspecified atom stereocenters. The van der Waals surface area contributed by atoms with E-state index in [2.05, 4.69) is 9.71 Å². The zero-order chi connectivity index (χ0) is 17.9. The van der Waals surface area contributed by atoms with Crippen LogP contribution in [0.5, 0.6) is 0 Å². The number of benzene rings is 1. The SMILES string of the molecule is N#Cc1ccc(NS(=O)(=O)c2c[nH]cc2CC2CCCCC2)c(F)c1. The second-order valence-electron chi connectivity index (χ2n) is 6.46. The third-order valence-electron chi connectivity index (χ3n) is 4.65. The first-order chi connectivity index (χ1) is 12.0. The van der Waals surface area contributed by atoms with E-state index in [1.807, 2.05) is 6.07 Å². The number of nitriles is 1. The maximum absolute atomic E-state index is 14.0. The number of anilines is 1. The lowest BCUT2D eigenvalue weighted by Crippen LogP contribution is -2.16. The molecule has 2 aromatic rings. The van der Waals surface area contributed by atoms with Gasteiger partial charge in [0, 0.05) is 12.4 Å². The van der Waals surface area contributed by atoms with Crippen molar-refractivity contribution in [2.75, 3.05) is 4.72 Å². The molecule has 1 aromatic carbocycles. The summed E-state index contributed by atoms with van der Waals surface area (Å²) in [7, 11) is -3.90. The van der Waals surface area contributed by atoms with E-state index >= 15 is 0 Å². The van der Waals surface area contributed by atoms with Crippen molar-refractivity contribution < 1.29 is 12.8 Å². The highest BCUT2D eigenvalue weighted by Gasteiger charge is 2.23. The lowest BCUT2D eigenvalue weighted by molar-refractivity contribution is 0.355. The van der Waals surface area contributed by atoms with E-state index in [9.17, 15) is 12.8 Å². The first kappa shape index (κ1) is 17.5. The maximum Gasteiger partial charge on any atom is 0.263 e. The van der Waals surface area contributed by atoms with Gasteiger partial charge in [-0.1, -0.05) is 32.1 Å². The number of hydrogen-bond acceptors (Lipinski definition) is 3. The summed E-state index contributed by atoms with van der Waals surface area (Å²) < 4.78 is 41.6. The molecule has 2 N–H and O–H groups in total. The summed E-state index contributed by atoms with van der Waals surface area (Å²) in [6.07, 6.45) is 9.69. The van der Waals surface area contributed by atoms with Crippen LogP contribution >= 0.6 is 0 Å². The minimum atomic E-state index is -3.90. The number of hydrogen-bond donors (Lipinski definition) is 2. The Bertz CT molecular complexity index is 893. The molecule has 3 rings (SSSR count). The number of nitrogens with one attached hydrogen (secondary N) is 2. The fourth-order valence-corrected chi connectivity index (χ4v) is 4.64. The molecule has 1 aromatic heterocycles. The van der Waals surface area contributed by atoms with E-state index < -0.39 is 15.8 Å². The van der Waals surface area contributed by atoms with Crippen molar-refractivity contribution in [3.63, 3.8) is 0 Å². The van der Waals surface area contributed by atoms with E-state index in [4.69, 9.17) is 5.26 Å². The van der Waals surface area contributed by atoms with Gasteiger partial charge in [0.25, 0.3) is 10.0 Å². The Hall–Kier alpha value is -2.33. The summed E-state index contributed by atoms with van der Waals surface area (Å²) in [5, 5.41) is 8.77. The summed E-state index contributed by atoms with van der Waals surface area (Å²) >= 11 is 0. The molecular weight excluding hydrogens is 341 g/mol. The molecule has 0 aliphatic heterocycles. The minimum absolute atomic E-state index is 0.139. The van der Waals surface area contributed by atoms with Gasteiger partial charge in [-0.2, -0.15) is 5.26 Å². The van der Waals surface area contributed by atoms with Gasteiger partial charge in [-0.05, 0) is 36.1 Å². The highest BCUT2D eigenvalue weighted by molar-refractivity contribution is 7.92. The van der Waals surface area contributed by atoms with Crippen LogP contribution in [0.4, 0.5) is 10.1 Å². The Labute approximate surface area is 146 Å². The third kappa shape index (κ3) is 4.02. The predicted molar refractivity (Wildman–Crippen MR) is 93.0 cm³/mol. The van der Waals surface area contributed by atoms with Crippen molar-refractivity contribution in [3.05, 3.63) is 47.5 Å². The van der Waals surface area contributed by atoms with Crippen molar-refractivity contribution in [2.24, 2.45) is 5.92 Å². The lowest BCUT2D eigenvalue weighted by Gasteiger charge is -2.21. The van der Waals surface area contributed by atoms with Crippen LogP contribution in [0.1, 0.15) is 43.2 Å². The van der Waals surface area contributed by atoms with Crippen LogP contribution in [0, 0.1) is 23.1 Å². The van der Waals surface area contributed by atoms with Gasteiger partial charge in [-0.15, -0.1) is 0 Å². The Kier molecular flexibility index (Phi) is 5.09. The number of halogens is 1. The van der Waals surface area contributed by atoms with Crippen LogP contribution in [0.3, 0.4) is 0 Å². The maximum atomic E-state index is 14.0. The van der Waals surface area contributed by atoms with Crippen molar-refractivity contribution in [2.45, 2.75) is 43.4 Å². The summed E-state index contributed by atoms with van der Waals surface area (Å²) in [6, 6.07) is 5.47. The van der Waals surface area contributed by atoms with Crippen LogP contribution in [0.25, 0.3) is 0 Å². The molecule has 132 valence electrons. The molecule has 5 nitrogen and oxygen atoms in total. The Balaban J connectivity index is 1.81.